The summed E-state index contributed by atoms with van der Waals surface area (Å²) in [5.74, 6) is 0. The minimum atomic E-state index is -0.532. The van der Waals surface area contributed by atoms with Crippen LogP contribution in [0.2, 0.25) is 0 Å². The molecule has 3 nitrogen and oxygen atoms in total. The fourth-order valence-electron chi connectivity index (χ4n) is 6.04. The Morgan fingerprint density at radius 2 is 1.19 bits per heavy atom. The van der Waals surface area contributed by atoms with Gasteiger partial charge in [0.15, 0.2) is 8.37 Å². The molecule has 0 spiro atoms. The maximum atomic E-state index is 5.36. The maximum Gasteiger partial charge on any atom is 0.170 e. The second-order valence-corrected chi connectivity index (χ2v) is 10.7. The molecule has 2 atom stereocenters. The Kier molecular flexibility index (Phi) is 5.63. The number of fused-ring (bicyclic) bond motifs is 1. The predicted octanol–water partition coefficient (Wildman–Crippen LogP) is 6.15. The van der Waals surface area contributed by atoms with Crippen molar-refractivity contribution in [1.29, 1.82) is 0 Å². The molecule has 0 radical (unpaired) electrons. The zero-order valence-electron chi connectivity index (χ0n) is 16.5. The Bertz CT molecular complexity index is 604. The van der Waals surface area contributed by atoms with E-state index < -0.39 is 8.37 Å². The topological polar surface area (TPSA) is 18.8 Å². The maximum absolute atomic E-state index is 5.36. The van der Waals surface area contributed by atoms with Crippen molar-refractivity contribution in [1.82, 2.24) is 9.34 Å². The summed E-state index contributed by atoms with van der Waals surface area (Å²) in [6, 6.07) is 13.9. The molecular formula is C23H34N3P. The first-order valence-electron chi connectivity index (χ1n) is 11.4. The van der Waals surface area contributed by atoms with Crippen molar-refractivity contribution in [3.8, 4) is 0 Å². The first-order chi connectivity index (χ1) is 13.4. The monoisotopic (exact) mass is 383 g/mol. The van der Waals surface area contributed by atoms with Crippen molar-refractivity contribution in [3.63, 3.8) is 0 Å². The minimum Gasteiger partial charge on any atom is -0.244 e. The quantitative estimate of drug-likeness (QED) is 0.459. The fourth-order valence-corrected chi connectivity index (χ4v) is 8.87. The van der Waals surface area contributed by atoms with E-state index in [9.17, 15) is 0 Å². The van der Waals surface area contributed by atoms with E-state index in [1.165, 1.54) is 82.6 Å². The van der Waals surface area contributed by atoms with E-state index in [-0.39, 0.29) is 0 Å². The third kappa shape index (κ3) is 3.63. The highest BCUT2D eigenvalue weighted by Crippen LogP contribution is 2.62. The smallest absolute Gasteiger partial charge is 0.170 e. The van der Waals surface area contributed by atoms with E-state index in [0.29, 0.717) is 0 Å². The number of nitrogens with zero attached hydrogens (tertiary/aromatic N) is 3. The molecule has 0 N–H and O–H groups in total. The molecule has 4 fully saturated rings. The lowest BCUT2D eigenvalue weighted by Crippen LogP contribution is -2.44. The van der Waals surface area contributed by atoms with Gasteiger partial charge >= 0.3 is 0 Å². The minimum absolute atomic E-state index is 0.532. The first kappa shape index (κ1) is 18.3. The van der Waals surface area contributed by atoms with Gasteiger partial charge in [-0.05, 0) is 44.1 Å². The van der Waals surface area contributed by atoms with Gasteiger partial charge in [-0.2, -0.15) is 0 Å². The van der Waals surface area contributed by atoms with Crippen LogP contribution in [0.1, 0.15) is 82.6 Å². The summed E-state index contributed by atoms with van der Waals surface area (Å²) in [6.45, 7) is 0. The summed E-state index contributed by atoms with van der Waals surface area (Å²) < 4.78 is 11.3. The average Bonchev–Trinajstić information content (AvgIpc) is 3.46. The zero-order valence-corrected chi connectivity index (χ0v) is 17.4. The van der Waals surface area contributed by atoms with Crippen LogP contribution in [-0.4, -0.2) is 39.7 Å². The molecule has 1 aliphatic heterocycles. The summed E-state index contributed by atoms with van der Waals surface area (Å²) in [4.78, 5) is 0. The molecule has 2 unspecified atom stereocenters. The van der Waals surface area contributed by atoms with Gasteiger partial charge in [0.05, 0.1) is 0 Å². The number of hydrogen-bond acceptors (Lipinski definition) is 3. The Balaban J connectivity index is 1.49. The molecule has 1 saturated heterocycles. The van der Waals surface area contributed by atoms with Crippen molar-refractivity contribution in [2.75, 3.05) is 0 Å². The van der Waals surface area contributed by atoms with Gasteiger partial charge in [-0.15, -0.1) is 0 Å². The second kappa shape index (κ2) is 8.31. The first-order valence-corrected chi connectivity index (χ1v) is 12.6. The number of benzene rings is 1. The van der Waals surface area contributed by atoms with Gasteiger partial charge in [-0.25, -0.2) is 14.1 Å². The number of rotatable bonds is 4. The van der Waals surface area contributed by atoms with Crippen molar-refractivity contribution in [2.45, 2.75) is 101 Å². The lowest BCUT2D eigenvalue weighted by molar-refractivity contribution is 0.159. The SMILES string of the molecule is C(=N\P1N(C2CCCC2)C2CCCCC2N1C1CCCC1)/c1ccccc1. The van der Waals surface area contributed by atoms with Gasteiger partial charge < -0.3 is 0 Å². The Morgan fingerprint density at radius 1 is 0.704 bits per heavy atom. The van der Waals surface area contributed by atoms with E-state index in [1.807, 2.05) is 0 Å². The standard InChI is InChI=1S/C23H34N3P/c1-2-10-19(11-3-1)18-24-27-25(20-12-4-5-13-20)22-16-8-9-17-23(22)26(27)21-14-6-7-15-21/h1-3,10-11,18,20-23H,4-9,12-17H2/b24-18+. The molecule has 4 heteroatoms. The summed E-state index contributed by atoms with van der Waals surface area (Å²) in [5.41, 5.74) is 1.26. The Hall–Kier alpha value is -0.760. The molecule has 27 heavy (non-hydrogen) atoms. The van der Waals surface area contributed by atoms with Gasteiger partial charge in [0.2, 0.25) is 0 Å². The van der Waals surface area contributed by atoms with Gasteiger partial charge in [0, 0.05) is 30.4 Å². The highest BCUT2D eigenvalue weighted by molar-refractivity contribution is 7.51. The lowest BCUT2D eigenvalue weighted by Gasteiger charge is -2.35. The van der Waals surface area contributed by atoms with Gasteiger partial charge in [0.25, 0.3) is 0 Å². The summed E-state index contributed by atoms with van der Waals surface area (Å²) in [6.07, 6.45) is 19.2. The van der Waals surface area contributed by atoms with Crippen LogP contribution in [0.4, 0.5) is 0 Å². The Labute approximate surface area is 166 Å². The predicted molar refractivity (Wildman–Crippen MR) is 115 cm³/mol. The third-order valence-electron chi connectivity index (χ3n) is 7.29. The summed E-state index contributed by atoms with van der Waals surface area (Å²) in [7, 11) is -0.532. The van der Waals surface area contributed by atoms with Crippen LogP contribution in [-0.2, 0) is 0 Å². The van der Waals surface area contributed by atoms with Crippen molar-refractivity contribution < 1.29 is 0 Å². The highest BCUT2D eigenvalue weighted by atomic mass is 31.1. The van der Waals surface area contributed by atoms with E-state index in [4.69, 9.17) is 4.76 Å². The largest absolute Gasteiger partial charge is 0.244 e. The van der Waals surface area contributed by atoms with E-state index in [0.717, 1.165) is 24.2 Å². The molecule has 0 amide bonds. The summed E-state index contributed by atoms with van der Waals surface area (Å²) in [5, 5.41) is 0. The molecule has 0 aromatic heterocycles. The molecule has 4 aliphatic rings. The molecule has 146 valence electrons. The fraction of sp³-hybridized carbons (Fsp3) is 0.696. The molecule has 1 aromatic rings. The summed E-state index contributed by atoms with van der Waals surface area (Å²) >= 11 is 0. The van der Waals surface area contributed by atoms with Crippen LogP contribution in [0.15, 0.2) is 35.1 Å². The van der Waals surface area contributed by atoms with E-state index >= 15 is 0 Å². The van der Waals surface area contributed by atoms with E-state index in [2.05, 4.69) is 45.9 Å². The van der Waals surface area contributed by atoms with Crippen molar-refractivity contribution in [3.05, 3.63) is 35.9 Å². The molecule has 1 heterocycles. The van der Waals surface area contributed by atoms with Gasteiger partial charge in [0.1, 0.15) is 0 Å². The molecule has 0 bridgehead atoms. The number of hydrogen-bond donors (Lipinski definition) is 0. The molecular weight excluding hydrogens is 349 g/mol. The van der Waals surface area contributed by atoms with Crippen LogP contribution < -0.4 is 0 Å². The van der Waals surface area contributed by atoms with Crippen molar-refractivity contribution in [2.24, 2.45) is 4.76 Å². The molecule has 5 rings (SSSR count). The van der Waals surface area contributed by atoms with E-state index in [1.54, 1.807) is 0 Å². The lowest BCUT2D eigenvalue weighted by atomic mass is 9.89. The van der Waals surface area contributed by atoms with Crippen LogP contribution in [0.3, 0.4) is 0 Å². The van der Waals surface area contributed by atoms with Gasteiger partial charge in [-0.3, -0.25) is 0 Å². The van der Waals surface area contributed by atoms with Crippen LogP contribution in [0.5, 0.6) is 0 Å². The highest BCUT2D eigenvalue weighted by Gasteiger charge is 2.53. The molecule has 3 aliphatic carbocycles. The normalized spacial score (nSPS) is 34.0. The second-order valence-electron chi connectivity index (χ2n) is 8.98. The molecule has 3 saturated carbocycles. The Morgan fingerprint density at radius 3 is 1.70 bits per heavy atom. The zero-order chi connectivity index (χ0) is 18.1. The van der Waals surface area contributed by atoms with Gasteiger partial charge in [-0.1, -0.05) is 68.9 Å². The average molecular weight is 384 g/mol. The van der Waals surface area contributed by atoms with Crippen LogP contribution in [0.25, 0.3) is 0 Å². The molecule has 1 aromatic carbocycles. The van der Waals surface area contributed by atoms with Crippen LogP contribution >= 0.6 is 8.37 Å². The third-order valence-corrected chi connectivity index (χ3v) is 9.69. The van der Waals surface area contributed by atoms with Crippen molar-refractivity contribution >= 4 is 14.6 Å². The van der Waals surface area contributed by atoms with Crippen LogP contribution in [0, 0.1) is 0 Å².